The Hall–Kier alpha value is -0.690. The molecule has 106 valence electrons. The Morgan fingerprint density at radius 2 is 2.05 bits per heavy atom. The van der Waals surface area contributed by atoms with Crippen molar-refractivity contribution in [2.75, 3.05) is 13.1 Å². The van der Waals surface area contributed by atoms with Gasteiger partial charge in [-0.15, -0.1) is 12.4 Å². The van der Waals surface area contributed by atoms with Gasteiger partial charge in [0.15, 0.2) is 0 Å². The molecule has 0 saturated carbocycles. The third-order valence-corrected chi connectivity index (χ3v) is 5.61. The van der Waals surface area contributed by atoms with Crippen molar-refractivity contribution in [3.05, 3.63) is 24.5 Å². The molecule has 2 unspecified atom stereocenters. The Balaban J connectivity index is 0.00000133. The van der Waals surface area contributed by atoms with Gasteiger partial charge in [0.2, 0.25) is 10.0 Å². The van der Waals surface area contributed by atoms with Crippen LogP contribution in [0.25, 0.3) is 0 Å². The molecule has 0 amide bonds. The second kappa shape index (κ2) is 5.75. The molecule has 1 aromatic heterocycles. The summed E-state index contributed by atoms with van der Waals surface area (Å²) >= 11 is 0. The van der Waals surface area contributed by atoms with Gasteiger partial charge in [0.25, 0.3) is 0 Å². The molecule has 0 radical (unpaired) electrons. The summed E-state index contributed by atoms with van der Waals surface area (Å²) in [6, 6.07) is 4.07. The van der Waals surface area contributed by atoms with Gasteiger partial charge < -0.3 is 5.32 Å². The van der Waals surface area contributed by atoms with Crippen LogP contribution < -0.4 is 5.32 Å². The van der Waals surface area contributed by atoms with Crippen LogP contribution in [0.2, 0.25) is 0 Å². The number of nitrogens with one attached hydrogen (secondary N) is 1. The van der Waals surface area contributed by atoms with Crippen molar-refractivity contribution >= 4 is 22.4 Å². The number of hydrogen-bond acceptors (Lipinski definition) is 4. The highest BCUT2D eigenvalue weighted by Crippen LogP contribution is 2.24. The molecule has 0 aromatic carbocycles. The van der Waals surface area contributed by atoms with Crippen molar-refractivity contribution in [3.63, 3.8) is 0 Å². The van der Waals surface area contributed by atoms with Crippen LogP contribution in [0.15, 0.2) is 29.4 Å². The van der Waals surface area contributed by atoms with Gasteiger partial charge >= 0.3 is 0 Å². The summed E-state index contributed by atoms with van der Waals surface area (Å²) in [5.41, 5.74) is 0. The highest BCUT2D eigenvalue weighted by Gasteiger charge is 2.34. The summed E-state index contributed by atoms with van der Waals surface area (Å²) in [7, 11) is -3.38. The molecule has 2 saturated heterocycles. The zero-order valence-electron chi connectivity index (χ0n) is 10.5. The van der Waals surface area contributed by atoms with Crippen LogP contribution in [-0.2, 0) is 10.0 Å². The lowest BCUT2D eigenvalue weighted by Gasteiger charge is -2.23. The number of nitrogens with zero attached hydrogens (tertiary/aromatic N) is 2. The molecule has 1 N–H and O–H groups in total. The van der Waals surface area contributed by atoms with E-state index in [1.165, 1.54) is 12.6 Å². The average molecular weight is 304 g/mol. The van der Waals surface area contributed by atoms with Gasteiger partial charge in [0.1, 0.15) is 4.90 Å². The maximum absolute atomic E-state index is 12.5. The van der Waals surface area contributed by atoms with Gasteiger partial charge in [-0.2, -0.15) is 4.31 Å². The van der Waals surface area contributed by atoms with Crippen molar-refractivity contribution in [3.8, 4) is 0 Å². The monoisotopic (exact) mass is 303 g/mol. The van der Waals surface area contributed by atoms with E-state index in [2.05, 4.69) is 10.3 Å². The predicted octanol–water partition coefficient (Wildman–Crippen LogP) is 1.02. The summed E-state index contributed by atoms with van der Waals surface area (Å²) in [5, 5.41) is 3.48. The molecular formula is C12H18ClN3O2S. The third-order valence-electron chi connectivity index (χ3n) is 3.76. The highest BCUT2D eigenvalue weighted by molar-refractivity contribution is 7.89. The molecule has 0 spiro atoms. The summed E-state index contributed by atoms with van der Waals surface area (Å²) in [6.45, 7) is 1.18. The zero-order valence-corrected chi connectivity index (χ0v) is 12.2. The second-order valence-electron chi connectivity index (χ2n) is 4.98. The van der Waals surface area contributed by atoms with Crippen molar-refractivity contribution in [2.45, 2.75) is 36.2 Å². The van der Waals surface area contributed by atoms with Crippen LogP contribution in [0.5, 0.6) is 0 Å². The first kappa shape index (κ1) is 14.7. The zero-order chi connectivity index (χ0) is 12.6. The topological polar surface area (TPSA) is 62.3 Å². The number of fused-ring (bicyclic) bond motifs is 2. The standard InChI is InChI=1S/C12H17N3O2S.ClH/c16-18(17,12-2-1-6-13-8-12)15-7-5-10-3-4-11(9-15)14-10;/h1-2,6,8,10-11,14H,3-5,7,9H2;1H. The van der Waals surface area contributed by atoms with Crippen molar-refractivity contribution < 1.29 is 8.42 Å². The number of pyridine rings is 1. The Kier molecular flexibility index (Phi) is 4.45. The summed E-state index contributed by atoms with van der Waals surface area (Å²) in [6.07, 6.45) is 6.15. The van der Waals surface area contributed by atoms with Crippen LogP contribution in [-0.4, -0.2) is 42.9 Å². The molecule has 1 aromatic rings. The van der Waals surface area contributed by atoms with E-state index in [0.29, 0.717) is 30.1 Å². The third kappa shape index (κ3) is 2.91. The van der Waals surface area contributed by atoms with Crippen molar-refractivity contribution in [1.82, 2.24) is 14.6 Å². The number of sulfonamides is 1. The number of hydrogen-bond donors (Lipinski definition) is 1. The van der Waals surface area contributed by atoms with E-state index in [4.69, 9.17) is 0 Å². The molecule has 7 heteroatoms. The van der Waals surface area contributed by atoms with Gasteiger partial charge in [-0.3, -0.25) is 4.98 Å². The van der Waals surface area contributed by atoms with Crippen LogP contribution in [0.1, 0.15) is 19.3 Å². The van der Waals surface area contributed by atoms with Crippen LogP contribution in [0, 0.1) is 0 Å². The molecule has 2 aliphatic heterocycles. The van der Waals surface area contributed by atoms with Crippen LogP contribution in [0.4, 0.5) is 0 Å². The number of rotatable bonds is 2. The molecule has 2 bridgehead atoms. The first-order valence-corrected chi connectivity index (χ1v) is 7.76. The van der Waals surface area contributed by atoms with Gasteiger partial charge in [0.05, 0.1) is 0 Å². The van der Waals surface area contributed by atoms with E-state index in [-0.39, 0.29) is 12.4 Å². The van der Waals surface area contributed by atoms with Crippen molar-refractivity contribution in [2.24, 2.45) is 0 Å². The predicted molar refractivity (Wildman–Crippen MR) is 74.8 cm³/mol. The van der Waals surface area contributed by atoms with Gasteiger partial charge in [0, 0.05) is 37.6 Å². The van der Waals surface area contributed by atoms with E-state index in [0.717, 1.165) is 12.8 Å². The lowest BCUT2D eigenvalue weighted by atomic mass is 10.1. The molecule has 19 heavy (non-hydrogen) atoms. The molecular weight excluding hydrogens is 286 g/mol. The first-order valence-electron chi connectivity index (χ1n) is 6.32. The lowest BCUT2D eigenvalue weighted by molar-refractivity contribution is 0.383. The van der Waals surface area contributed by atoms with E-state index in [1.807, 2.05) is 0 Å². The normalized spacial score (nSPS) is 27.6. The summed E-state index contributed by atoms with van der Waals surface area (Å²) in [5.74, 6) is 0. The fourth-order valence-electron chi connectivity index (χ4n) is 2.78. The molecule has 0 aliphatic carbocycles. The number of aromatic nitrogens is 1. The minimum absolute atomic E-state index is 0. The Labute approximate surface area is 119 Å². The number of halogens is 1. The molecule has 3 rings (SSSR count). The van der Waals surface area contributed by atoms with Gasteiger partial charge in [-0.05, 0) is 31.4 Å². The molecule has 3 heterocycles. The largest absolute Gasteiger partial charge is 0.310 e. The fraction of sp³-hybridized carbons (Fsp3) is 0.583. The minimum atomic E-state index is -3.38. The van der Waals surface area contributed by atoms with Gasteiger partial charge in [-0.1, -0.05) is 0 Å². The lowest BCUT2D eigenvalue weighted by Crippen LogP contribution is -2.39. The van der Waals surface area contributed by atoms with Crippen molar-refractivity contribution in [1.29, 1.82) is 0 Å². The summed E-state index contributed by atoms with van der Waals surface area (Å²) < 4.78 is 26.5. The second-order valence-corrected chi connectivity index (χ2v) is 6.92. The smallest absolute Gasteiger partial charge is 0.244 e. The maximum atomic E-state index is 12.5. The average Bonchev–Trinajstić information content (AvgIpc) is 2.69. The molecule has 5 nitrogen and oxygen atoms in total. The highest BCUT2D eigenvalue weighted by atomic mass is 35.5. The quantitative estimate of drug-likeness (QED) is 0.886. The van der Waals surface area contributed by atoms with E-state index in [9.17, 15) is 8.42 Å². The van der Waals surface area contributed by atoms with Crippen LogP contribution in [0.3, 0.4) is 0 Å². The summed E-state index contributed by atoms with van der Waals surface area (Å²) in [4.78, 5) is 4.19. The molecule has 2 atom stereocenters. The van der Waals surface area contributed by atoms with Crippen LogP contribution >= 0.6 is 12.4 Å². The van der Waals surface area contributed by atoms with E-state index < -0.39 is 10.0 Å². The molecule has 2 fully saturated rings. The fourth-order valence-corrected chi connectivity index (χ4v) is 4.24. The Bertz CT molecular complexity index is 523. The van der Waals surface area contributed by atoms with Gasteiger partial charge in [-0.25, -0.2) is 8.42 Å². The van der Waals surface area contributed by atoms with E-state index in [1.54, 1.807) is 22.6 Å². The SMILES string of the molecule is Cl.O=S(=O)(c1cccnc1)N1CCC2CCC(C1)N2. The Morgan fingerprint density at radius 1 is 1.26 bits per heavy atom. The van der Waals surface area contributed by atoms with E-state index >= 15 is 0 Å². The first-order chi connectivity index (χ1) is 8.66. The molecule has 2 aliphatic rings. The Morgan fingerprint density at radius 3 is 2.79 bits per heavy atom. The minimum Gasteiger partial charge on any atom is -0.310 e. The maximum Gasteiger partial charge on any atom is 0.244 e.